The standard InChI is InChI=1S/C17H21FN6O/c1-12-3-4-15(23-22-12)24-6-2-5-17(11-24)7-14(10-25-17)21-16-19-8-13(18)9-20-16/h3-4,8-9,14H,2,5-7,10-11H2,1H3,(H,19,20,21)/t14-,17+/m0/s1. The van der Waals surface area contributed by atoms with Gasteiger partial charge in [0, 0.05) is 19.5 Å². The lowest BCUT2D eigenvalue weighted by Crippen LogP contribution is -2.48. The monoisotopic (exact) mass is 344 g/mol. The van der Waals surface area contributed by atoms with Gasteiger partial charge in [0.15, 0.2) is 11.6 Å². The predicted molar refractivity (Wildman–Crippen MR) is 90.9 cm³/mol. The van der Waals surface area contributed by atoms with Crippen molar-refractivity contribution in [1.29, 1.82) is 0 Å². The van der Waals surface area contributed by atoms with Crippen molar-refractivity contribution in [1.82, 2.24) is 20.2 Å². The van der Waals surface area contributed by atoms with Gasteiger partial charge >= 0.3 is 0 Å². The van der Waals surface area contributed by atoms with Gasteiger partial charge in [-0.2, -0.15) is 5.10 Å². The van der Waals surface area contributed by atoms with Crippen LogP contribution in [-0.4, -0.2) is 51.5 Å². The van der Waals surface area contributed by atoms with E-state index in [0.29, 0.717) is 12.6 Å². The first-order valence-corrected chi connectivity index (χ1v) is 8.55. The number of nitrogens with zero attached hydrogens (tertiary/aromatic N) is 5. The number of rotatable bonds is 3. The highest BCUT2D eigenvalue weighted by atomic mass is 19.1. The van der Waals surface area contributed by atoms with Crippen molar-refractivity contribution in [2.24, 2.45) is 0 Å². The second-order valence-electron chi connectivity index (χ2n) is 6.82. The molecule has 0 radical (unpaired) electrons. The SMILES string of the molecule is Cc1ccc(N2CCC[C@@]3(C[C@H](Nc4ncc(F)cn4)CO3)C2)nn1. The highest BCUT2D eigenvalue weighted by Crippen LogP contribution is 2.36. The van der Waals surface area contributed by atoms with Crippen molar-refractivity contribution in [2.75, 3.05) is 29.9 Å². The number of piperidine rings is 1. The lowest BCUT2D eigenvalue weighted by Gasteiger charge is -2.40. The van der Waals surface area contributed by atoms with Gasteiger partial charge in [-0.25, -0.2) is 14.4 Å². The van der Waals surface area contributed by atoms with Crippen LogP contribution in [0.4, 0.5) is 16.2 Å². The van der Waals surface area contributed by atoms with Crippen LogP contribution in [0.3, 0.4) is 0 Å². The van der Waals surface area contributed by atoms with E-state index in [0.717, 1.165) is 43.9 Å². The van der Waals surface area contributed by atoms with Crippen LogP contribution in [0.15, 0.2) is 24.5 Å². The highest BCUT2D eigenvalue weighted by Gasteiger charge is 2.44. The third kappa shape index (κ3) is 3.53. The molecule has 2 atom stereocenters. The predicted octanol–water partition coefficient (Wildman–Crippen LogP) is 1.95. The molecule has 2 fully saturated rings. The third-order valence-corrected chi connectivity index (χ3v) is 4.81. The molecule has 2 saturated heterocycles. The second-order valence-corrected chi connectivity index (χ2v) is 6.82. The van der Waals surface area contributed by atoms with Crippen molar-refractivity contribution < 1.29 is 9.13 Å². The molecule has 0 saturated carbocycles. The normalized spacial score (nSPS) is 26.2. The molecule has 4 heterocycles. The molecule has 1 N–H and O–H groups in total. The van der Waals surface area contributed by atoms with E-state index in [1.165, 1.54) is 12.4 Å². The Bertz CT molecular complexity index is 725. The van der Waals surface area contributed by atoms with Crippen LogP contribution in [0.5, 0.6) is 0 Å². The van der Waals surface area contributed by atoms with E-state index in [1.807, 2.05) is 19.1 Å². The first-order chi connectivity index (χ1) is 12.1. The number of hydrogen-bond donors (Lipinski definition) is 1. The minimum absolute atomic E-state index is 0.120. The summed E-state index contributed by atoms with van der Waals surface area (Å²) < 4.78 is 19.1. The highest BCUT2D eigenvalue weighted by molar-refractivity contribution is 5.39. The maximum atomic E-state index is 12.9. The van der Waals surface area contributed by atoms with E-state index in [1.54, 1.807) is 0 Å². The van der Waals surface area contributed by atoms with Gasteiger partial charge in [-0.1, -0.05) is 0 Å². The lowest BCUT2D eigenvalue weighted by molar-refractivity contribution is -0.00654. The summed E-state index contributed by atoms with van der Waals surface area (Å²) >= 11 is 0. The first-order valence-electron chi connectivity index (χ1n) is 8.55. The molecule has 132 valence electrons. The Kier molecular flexibility index (Phi) is 4.20. The van der Waals surface area contributed by atoms with E-state index < -0.39 is 5.82 Å². The number of anilines is 2. The maximum absolute atomic E-state index is 12.9. The summed E-state index contributed by atoms with van der Waals surface area (Å²) in [5, 5.41) is 11.7. The molecule has 0 amide bonds. The zero-order valence-electron chi connectivity index (χ0n) is 14.2. The topological polar surface area (TPSA) is 76.1 Å². The van der Waals surface area contributed by atoms with Gasteiger partial charge in [-0.05, 0) is 31.9 Å². The van der Waals surface area contributed by atoms with Gasteiger partial charge in [-0.15, -0.1) is 5.10 Å². The Morgan fingerprint density at radius 2 is 2.12 bits per heavy atom. The maximum Gasteiger partial charge on any atom is 0.223 e. The molecule has 7 nitrogen and oxygen atoms in total. The van der Waals surface area contributed by atoms with Crippen LogP contribution in [0.2, 0.25) is 0 Å². The fourth-order valence-corrected chi connectivity index (χ4v) is 3.64. The summed E-state index contributed by atoms with van der Waals surface area (Å²) in [6, 6.07) is 4.11. The second kappa shape index (κ2) is 6.51. The summed E-state index contributed by atoms with van der Waals surface area (Å²) in [6.45, 7) is 4.28. The van der Waals surface area contributed by atoms with Crippen molar-refractivity contribution in [2.45, 2.75) is 37.8 Å². The minimum Gasteiger partial charge on any atom is -0.371 e. The van der Waals surface area contributed by atoms with Gasteiger partial charge in [0.25, 0.3) is 0 Å². The molecular weight excluding hydrogens is 323 g/mol. The molecule has 4 rings (SSSR count). The molecule has 2 aromatic heterocycles. The van der Waals surface area contributed by atoms with Crippen LogP contribution >= 0.6 is 0 Å². The average Bonchev–Trinajstić information content (AvgIpc) is 2.99. The molecule has 0 unspecified atom stereocenters. The average molecular weight is 344 g/mol. The van der Waals surface area contributed by atoms with Crippen molar-refractivity contribution in [3.8, 4) is 0 Å². The Balaban J connectivity index is 1.42. The molecule has 8 heteroatoms. The molecule has 2 aliphatic heterocycles. The van der Waals surface area contributed by atoms with Crippen molar-refractivity contribution in [3.63, 3.8) is 0 Å². The Labute approximate surface area is 145 Å². The molecule has 2 aliphatic rings. The Hall–Kier alpha value is -2.35. The Morgan fingerprint density at radius 1 is 1.28 bits per heavy atom. The zero-order valence-corrected chi connectivity index (χ0v) is 14.2. The number of halogens is 1. The number of ether oxygens (including phenoxy) is 1. The molecule has 0 bridgehead atoms. The first kappa shape index (κ1) is 16.1. The third-order valence-electron chi connectivity index (χ3n) is 4.81. The van der Waals surface area contributed by atoms with Gasteiger partial charge in [0.1, 0.15) is 0 Å². The molecule has 0 aliphatic carbocycles. The largest absolute Gasteiger partial charge is 0.371 e. The Morgan fingerprint density at radius 3 is 2.88 bits per heavy atom. The van der Waals surface area contributed by atoms with Gasteiger partial charge in [0.2, 0.25) is 5.95 Å². The summed E-state index contributed by atoms with van der Waals surface area (Å²) in [7, 11) is 0. The molecular formula is C17H21FN6O. The summed E-state index contributed by atoms with van der Waals surface area (Å²) in [6.07, 6.45) is 5.27. The van der Waals surface area contributed by atoms with Crippen LogP contribution in [0.1, 0.15) is 25.0 Å². The van der Waals surface area contributed by atoms with Crippen molar-refractivity contribution in [3.05, 3.63) is 36.0 Å². The summed E-state index contributed by atoms with van der Waals surface area (Å²) in [5.41, 5.74) is 0.721. The van der Waals surface area contributed by atoms with Crippen LogP contribution in [-0.2, 0) is 4.74 Å². The molecule has 0 aromatic carbocycles. The molecule has 1 spiro atoms. The zero-order chi connectivity index (χ0) is 17.3. The number of aryl methyl sites for hydroxylation is 1. The van der Waals surface area contributed by atoms with E-state index in [-0.39, 0.29) is 11.6 Å². The van der Waals surface area contributed by atoms with Crippen LogP contribution < -0.4 is 10.2 Å². The quantitative estimate of drug-likeness (QED) is 0.912. The van der Waals surface area contributed by atoms with Gasteiger partial charge < -0.3 is 15.0 Å². The molecule has 2 aromatic rings. The number of aromatic nitrogens is 4. The lowest BCUT2D eigenvalue weighted by atomic mass is 9.88. The van der Waals surface area contributed by atoms with Gasteiger partial charge in [0.05, 0.1) is 36.3 Å². The smallest absolute Gasteiger partial charge is 0.223 e. The minimum atomic E-state index is -0.438. The molecule has 25 heavy (non-hydrogen) atoms. The van der Waals surface area contributed by atoms with E-state index in [9.17, 15) is 4.39 Å². The fourth-order valence-electron chi connectivity index (χ4n) is 3.64. The fraction of sp³-hybridized carbons (Fsp3) is 0.529. The summed E-state index contributed by atoms with van der Waals surface area (Å²) in [4.78, 5) is 10.2. The van der Waals surface area contributed by atoms with Crippen LogP contribution in [0, 0.1) is 12.7 Å². The van der Waals surface area contributed by atoms with Gasteiger partial charge in [-0.3, -0.25) is 0 Å². The van der Waals surface area contributed by atoms with Crippen LogP contribution in [0.25, 0.3) is 0 Å². The summed E-state index contributed by atoms with van der Waals surface area (Å²) in [5.74, 6) is 0.891. The van der Waals surface area contributed by atoms with E-state index >= 15 is 0 Å². The number of nitrogens with one attached hydrogen (secondary N) is 1. The van der Waals surface area contributed by atoms with Crippen molar-refractivity contribution >= 4 is 11.8 Å². The number of hydrogen-bond acceptors (Lipinski definition) is 7. The van der Waals surface area contributed by atoms with E-state index in [2.05, 4.69) is 30.4 Å². The van der Waals surface area contributed by atoms with E-state index in [4.69, 9.17) is 4.74 Å².